The van der Waals surface area contributed by atoms with Crippen molar-refractivity contribution in [2.24, 2.45) is 4.99 Å². The van der Waals surface area contributed by atoms with Gasteiger partial charge in [0.1, 0.15) is 12.4 Å². The first-order valence-corrected chi connectivity index (χ1v) is 9.52. The van der Waals surface area contributed by atoms with Gasteiger partial charge in [0.15, 0.2) is 0 Å². The van der Waals surface area contributed by atoms with Crippen molar-refractivity contribution in [3.8, 4) is 5.75 Å². The molecule has 27 heavy (non-hydrogen) atoms. The molecule has 1 saturated heterocycles. The van der Waals surface area contributed by atoms with Crippen LogP contribution >= 0.6 is 0 Å². The molecule has 5 nitrogen and oxygen atoms in total. The Morgan fingerprint density at radius 2 is 1.78 bits per heavy atom. The molecule has 2 aromatic carbocycles. The number of nitrogens with zero attached hydrogens (tertiary/aromatic N) is 2. The summed E-state index contributed by atoms with van der Waals surface area (Å²) in [4.78, 5) is 6.92. The minimum Gasteiger partial charge on any atom is -0.492 e. The number of nitrogens with one attached hydrogen (secondary N) is 2. The van der Waals surface area contributed by atoms with E-state index >= 15 is 0 Å². The summed E-state index contributed by atoms with van der Waals surface area (Å²) in [7, 11) is 0. The van der Waals surface area contributed by atoms with Crippen molar-refractivity contribution in [2.75, 3.05) is 31.6 Å². The van der Waals surface area contributed by atoms with Gasteiger partial charge in [0.05, 0.1) is 6.54 Å². The fourth-order valence-corrected chi connectivity index (χ4v) is 3.28. The van der Waals surface area contributed by atoms with E-state index in [2.05, 4.69) is 32.7 Å². The Kier molecular flexibility index (Phi) is 5.70. The number of hydrogen-bond acceptors (Lipinski definition) is 5. The second kappa shape index (κ2) is 8.73. The maximum absolute atomic E-state index is 5.84. The molecule has 2 aliphatic heterocycles. The number of ether oxygens (including phenoxy) is 1. The van der Waals surface area contributed by atoms with Gasteiger partial charge in [0, 0.05) is 24.0 Å². The maximum Gasteiger partial charge on any atom is 0.201 e. The molecule has 0 atom stereocenters. The molecule has 2 heterocycles. The van der Waals surface area contributed by atoms with Gasteiger partial charge in [-0.25, -0.2) is 4.99 Å². The highest BCUT2D eigenvalue weighted by Crippen LogP contribution is 2.20. The van der Waals surface area contributed by atoms with Crippen LogP contribution in [0.15, 0.2) is 65.8 Å². The lowest BCUT2D eigenvalue weighted by atomic mass is 10.1. The Balaban J connectivity index is 1.28. The standard InChI is InChI=1S/C22H25N4O/c1-2-6-18(7-3-1)19-16-23-22(24-17-19)25-20-8-10-21(11-9-20)27-15-14-26-12-4-5-13-26/h1-3,6-11,16-17H,4-5,12-15H2,(H2,23,24,25). The first-order valence-electron chi connectivity index (χ1n) is 9.52. The van der Waals surface area contributed by atoms with Crippen LogP contribution in [0.2, 0.25) is 0 Å². The quantitative estimate of drug-likeness (QED) is 0.823. The summed E-state index contributed by atoms with van der Waals surface area (Å²) in [5.41, 5.74) is 3.17. The molecule has 0 aromatic heterocycles. The molecule has 0 bridgehead atoms. The fraction of sp³-hybridized carbons (Fsp3) is 0.273. The van der Waals surface area contributed by atoms with E-state index in [1.54, 1.807) is 0 Å². The Morgan fingerprint density at radius 3 is 2.48 bits per heavy atom. The summed E-state index contributed by atoms with van der Waals surface area (Å²) in [6.07, 6.45) is 4.50. The molecule has 2 N–H and O–H groups in total. The molecule has 0 amide bonds. The van der Waals surface area contributed by atoms with Crippen LogP contribution in [0.1, 0.15) is 18.4 Å². The molecule has 139 valence electrons. The van der Waals surface area contributed by atoms with Gasteiger partial charge in [-0.05, 0) is 55.8 Å². The third kappa shape index (κ3) is 4.89. The van der Waals surface area contributed by atoms with Gasteiger partial charge in [-0.15, -0.1) is 0 Å². The zero-order valence-corrected chi connectivity index (χ0v) is 15.4. The average molecular weight is 361 g/mol. The second-order valence-corrected chi connectivity index (χ2v) is 6.76. The van der Waals surface area contributed by atoms with Crippen LogP contribution in [-0.4, -0.2) is 37.1 Å². The Morgan fingerprint density at radius 1 is 1.00 bits per heavy atom. The summed E-state index contributed by atoms with van der Waals surface area (Å²) in [5, 5.41) is 6.49. The molecular formula is C22H25N4O. The fourth-order valence-electron chi connectivity index (χ4n) is 3.28. The molecule has 1 fully saturated rings. The molecular weight excluding hydrogens is 336 g/mol. The average Bonchev–Trinajstić information content (AvgIpc) is 3.24. The molecule has 0 saturated carbocycles. The minimum atomic E-state index is 0.706. The van der Waals surface area contributed by atoms with E-state index < -0.39 is 0 Å². The van der Waals surface area contributed by atoms with Crippen molar-refractivity contribution in [3.63, 3.8) is 0 Å². The van der Waals surface area contributed by atoms with Crippen LogP contribution in [-0.2, 0) is 0 Å². The van der Waals surface area contributed by atoms with Crippen molar-refractivity contribution in [3.05, 3.63) is 72.9 Å². The minimum absolute atomic E-state index is 0.706. The van der Waals surface area contributed by atoms with E-state index in [1.165, 1.54) is 25.9 Å². The summed E-state index contributed by atoms with van der Waals surface area (Å²) >= 11 is 0. The van der Waals surface area contributed by atoms with Crippen molar-refractivity contribution >= 4 is 17.2 Å². The predicted octanol–water partition coefficient (Wildman–Crippen LogP) is 3.74. The monoisotopic (exact) mass is 361 g/mol. The molecule has 5 heteroatoms. The number of hydrogen-bond donors (Lipinski definition) is 2. The third-order valence-corrected chi connectivity index (χ3v) is 4.80. The van der Waals surface area contributed by atoms with E-state index in [1.807, 2.05) is 55.2 Å². The van der Waals surface area contributed by atoms with Crippen LogP contribution in [0.4, 0.5) is 5.69 Å². The highest BCUT2D eigenvalue weighted by atomic mass is 16.5. The van der Waals surface area contributed by atoms with Gasteiger partial charge in [-0.3, -0.25) is 4.90 Å². The van der Waals surface area contributed by atoms with E-state index in [4.69, 9.17) is 4.74 Å². The van der Waals surface area contributed by atoms with Crippen molar-refractivity contribution in [1.82, 2.24) is 10.2 Å². The smallest absolute Gasteiger partial charge is 0.201 e. The molecule has 2 aromatic rings. The first kappa shape index (κ1) is 17.6. The van der Waals surface area contributed by atoms with Gasteiger partial charge in [-0.2, -0.15) is 0 Å². The zero-order chi connectivity index (χ0) is 18.3. The van der Waals surface area contributed by atoms with Gasteiger partial charge in [0.2, 0.25) is 5.96 Å². The molecule has 0 unspecified atom stereocenters. The lowest BCUT2D eigenvalue weighted by molar-refractivity contribution is 0.238. The Bertz CT molecular complexity index is 793. The number of anilines is 1. The van der Waals surface area contributed by atoms with Crippen LogP contribution in [0.25, 0.3) is 5.57 Å². The molecule has 0 aliphatic carbocycles. The van der Waals surface area contributed by atoms with Gasteiger partial charge in [0.25, 0.3) is 0 Å². The van der Waals surface area contributed by atoms with Crippen LogP contribution < -0.4 is 15.4 Å². The topological polar surface area (TPSA) is 48.9 Å². The SMILES string of the molecule is [CH]1NC(Nc2ccc(OCCN3CCCC3)cc2)=NC=C1c1ccccc1. The van der Waals surface area contributed by atoms with Gasteiger partial charge < -0.3 is 15.4 Å². The van der Waals surface area contributed by atoms with Crippen LogP contribution in [0.3, 0.4) is 0 Å². The molecule has 2 aliphatic rings. The van der Waals surface area contributed by atoms with Gasteiger partial charge in [-0.1, -0.05) is 30.3 Å². The summed E-state index contributed by atoms with van der Waals surface area (Å²) in [5.74, 6) is 1.61. The van der Waals surface area contributed by atoms with Crippen molar-refractivity contribution in [2.45, 2.75) is 12.8 Å². The molecule has 0 spiro atoms. The number of rotatable bonds is 6. The first-order chi connectivity index (χ1) is 13.4. The normalized spacial score (nSPS) is 17.0. The number of likely N-dealkylation sites (tertiary alicyclic amines) is 1. The van der Waals surface area contributed by atoms with Crippen LogP contribution in [0, 0.1) is 6.54 Å². The van der Waals surface area contributed by atoms with E-state index in [-0.39, 0.29) is 0 Å². The lowest BCUT2D eigenvalue weighted by Gasteiger charge is -2.17. The van der Waals surface area contributed by atoms with E-state index in [9.17, 15) is 0 Å². The highest BCUT2D eigenvalue weighted by Gasteiger charge is 2.11. The second-order valence-electron chi connectivity index (χ2n) is 6.76. The van der Waals surface area contributed by atoms with E-state index in [0.29, 0.717) is 5.96 Å². The summed E-state index contributed by atoms with van der Waals surface area (Å²) < 4.78 is 5.84. The van der Waals surface area contributed by atoms with Crippen molar-refractivity contribution < 1.29 is 4.74 Å². The Hall–Kier alpha value is -2.79. The number of benzene rings is 2. The lowest BCUT2D eigenvalue weighted by Crippen LogP contribution is -2.30. The number of guanidine groups is 1. The summed E-state index contributed by atoms with van der Waals surface area (Å²) in [6, 6.07) is 18.2. The molecule has 4 rings (SSSR count). The van der Waals surface area contributed by atoms with E-state index in [0.717, 1.165) is 35.7 Å². The van der Waals surface area contributed by atoms with Crippen molar-refractivity contribution in [1.29, 1.82) is 0 Å². The zero-order valence-electron chi connectivity index (χ0n) is 15.4. The molecule has 1 radical (unpaired) electrons. The summed E-state index contributed by atoms with van der Waals surface area (Å²) in [6.45, 7) is 6.12. The number of aliphatic imine (C=N–C) groups is 1. The maximum atomic E-state index is 5.84. The highest BCUT2D eigenvalue weighted by molar-refractivity contribution is 5.98. The largest absolute Gasteiger partial charge is 0.492 e. The van der Waals surface area contributed by atoms with Gasteiger partial charge >= 0.3 is 0 Å². The van der Waals surface area contributed by atoms with Crippen LogP contribution in [0.5, 0.6) is 5.75 Å². The Labute approximate surface area is 160 Å². The third-order valence-electron chi connectivity index (χ3n) is 4.80. The predicted molar refractivity (Wildman–Crippen MR) is 111 cm³/mol.